The first kappa shape index (κ1) is 19.2. The molecule has 7 heteroatoms. The fourth-order valence-electron chi connectivity index (χ4n) is 4.06. The number of aliphatic carboxylic acids is 1. The summed E-state index contributed by atoms with van der Waals surface area (Å²) in [5, 5.41) is 19.7. The van der Waals surface area contributed by atoms with E-state index < -0.39 is 5.97 Å². The fraction of sp³-hybridized carbons (Fsp3) is 0.550. The summed E-state index contributed by atoms with van der Waals surface area (Å²) < 4.78 is 0. The fourth-order valence-corrected chi connectivity index (χ4v) is 4.06. The average molecular weight is 372 g/mol. The van der Waals surface area contributed by atoms with Crippen molar-refractivity contribution in [3.8, 4) is 0 Å². The van der Waals surface area contributed by atoms with Crippen LogP contribution in [-0.4, -0.2) is 41.9 Å². The second-order valence-corrected chi connectivity index (χ2v) is 7.62. The van der Waals surface area contributed by atoms with E-state index in [4.69, 9.17) is 16.2 Å². The van der Waals surface area contributed by atoms with Crippen LogP contribution < -0.4 is 16.0 Å². The smallest absolute Gasteiger partial charge is 0.306 e. The van der Waals surface area contributed by atoms with Gasteiger partial charge >= 0.3 is 5.97 Å². The number of amides is 1. The average Bonchev–Trinajstić information content (AvgIpc) is 2.68. The van der Waals surface area contributed by atoms with Crippen LogP contribution >= 0.6 is 0 Å². The number of hydrogen-bond acceptors (Lipinski definition) is 4. The molecule has 1 aromatic rings. The van der Waals surface area contributed by atoms with Gasteiger partial charge in [-0.2, -0.15) is 0 Å². The number of nitrogens with two attached hydrogens (primary N) is 1. The zero-order chi connectivity index (χ0) is 19.4. The van der Waals surface area contributed by atoms with Gasteiger partial charge in [0.1, 0.15) is 5.84 Å². The van der Waals surface area contributed by atoms with Crippen molar-refractivity contribution in [1.82, 2.24) is 5.32 Å². The third-order valence-corrected chi connectivity index (χ3v) is 5.83. The number of carbonyl (C=O) groups excluding carboxylic acids is 1. The maximum atomic E-state index is 12.5. The van der Waals surface area contributed by atoms with Gasteiger partial charge in [0.2, 0.25) is 5.91 Å². The van der Waals surface area contributed by atoms with Gasteiger partial charge in [0.05, 0.1) is 5.92 Å². The molecule has 0 aromatic heterocycles. The van der Waals surface area contributed by atoms with Crippen molar-refractivity contribution in [1.29, 1.82) is 5.41 Å². The molecule has 0 unspecified atom stereocenters. The zero-order valence-electron chi connectivity index (χ0n) is 15.5. The molecular formula is C20H28N4O3. The molecule has 7 nitrogen and oxygen atoms in total. The summed E-state index contributed by atoms with van der Waals surface area (Å²) in [6.45, 7) is 1.74. The number of nitrogen functional groups attached to an aromatic ring is 1. The van der Waals surface area contributed by atoms with Gasteiger partial charge in [-0.05, 0) is 62.8 Å². The Hall–Kier alpha value is -2.57. The summed E-state index contributed by atoms with van der Waals surface area (Å²) >= 11 is 0. The number of piperidine rings is 1. The van der Waals surface area contributed by atoms with Crippen LogP contribution in [0.3, 0.4) is 0 Å². The van der Waals surface area contributed by atoms with Crippen LogP contribution in [0.15, 0.2) is 24.3 Å². The number of carbonyl (C=O) groups is 2. The Labute approximate surface area is 159 Å². The van der Waals surface area contributed by atoms with E-state index in [1.807, 2.05) is 24.3 Å². The molecule has 0 atom stereocenters. The Kier molecular flexibility index (Phi) is 5.98. The van der Waals surface area contributed by atoms with E-state index in [9.17, 15) is 9.59 Å². The number of amidine groups is 1. The Balaban J connectivity index is 1.44. The Bertz CT molecular complexity index is 688. The second-order valence-electron chi connectivity index (χ2n) is 7.62. The van der Waals surface area contributed by atoms with Crippen LogP contribution in [0.2, 0.25) is 0 Å². The number of nitrogens with zero attached hydrogens (tertiary/aromatic N) is 1. The Morgan fingerprint density at radius 2 is 1.56 bits per heavy atom. The molecule has 5 N–H and O–H groups in total. The summed E-state index contributed by atoms with van der Waals surface area (Å²) in [5.41, 5.74) is 7.32. The molecule has 27 heavy (non-hydrogen) atoms. The molecule has 1 aliphatic carbocycles. The highest BCUT2D eigenvalue weighted by Gasteiger charge is 2.31. The number of hydrogen-bond donors (Lipinski definition) is 4. The van der Waals surface area contributed by atoms with E-state index in [-0.39, 0.29) is 29.6 Å². The van der Waals surface area contributed by atoms with Gasteiger partial charge in [-0.3, -0.25) is 15.0 Å². The van der Waals surface area contributed by atoms with Crippen LogP contribution in [0.5, 0.6) is 0 Å². The van der Waals surface area contributed by atoms with Crippen molar-refractivity contribution >= 4 is 23.4 Å². The van der Waals surface area contributed by atoms with Gasteiger partial charge in [0.15, 0.2) is 0 Å². The summed E-state index contributed by atoms with van der Waals surface area (Å²) in [4.78, 5) is 25.8. The van der Waals surface area contributed by atoms with E-state index in [2.05, 4.69) is 10.2 Å². The van der Waals surface area contributed by atoms with E-state index in [0.29, 0.717) is 25.7 Å². The van der Waals surface area contributed by atoms with Gasteiger partial charge in [-0.15, -0.1) is 0 Å². The number of anilines is 1. The van der Waals surface area contributed by atoms with Gasteiger partial charge in [0.25, 0.3) is 0 Å². The number of rotatable bonds is 5. The maximum absolute atomic E-state index is 12.5. The number of nitrogens with one attached hydrogen (secondary N) is 2. The molecule has 0 spiro atoms. The Morgan fingerprint density at radius 1 is 1.00 bits per heavy atom. The number of carboxylic acid groups (broad SMARTS) is 1. The van der Waals surface area contributed by atoms with Crippen LogP contribution in [0.4, 0.5) is 5.69 Å². The molecule has 0 radical (unpaired) electrons. The van der Waals surface area contributed by atoms with Crippen LogP contribution in [0.1, 0.15) is 44.1 Å². The first-order valence-corrected chi connectivity index (χ1v) is 9.66. The lowest BCUT2D eigenvalue weighted by Crippen LogP contribution is -2.47. The zero-order valence-corrected chi connectivity index (χ0v) is 15.5. The van der Waals surface area contributed by atoms with Crippen molar-refractivity contribution in [2.75, 3.05) is 18.0 Å². The molecule has 1 saturated heterocycles. The minimum Gasteiger partial charge on any atom is -0.481 e. The first-order valence-electron chi connectivity index (χ1n) is 9.66. The quantitative estimate of drug-likeness (QED) is 0.465. The van der Waals surface area contributed by atoms with Crippen LogP contribution in [-0.2, 0) is 9.59 Å². The SMILES string of the molecule is N=C(N)c1ccc(N2CCC(NC(=O)[C@H]3CC[C@H](C(=O)O)CC3)CC2)cc1. The molecule has 1 heterocycles. The maximum Gasteiger partial charge on any atom is 0.306 e. The summed E-state index contributed by atoms with van der Waals surface area (Å²) in [6, 6.07) is 7.87. The van der Waals surface area contributed by atoms with E-state index in [0.717, 1.165) is 37.2 Å². The lowest BCUT2D eigenvalue weighted by molar-refractivity contribution is -0.144. The monoisotopic (exact) mass is 372 g/mol. The Morgan fingerprint density at radius 3 is 2.07 bits per heavy atom. The third-order valence-electron chi connectivity index (χ3n) is 5.83. The topological polar surface area (TPSA) is 120 Å². The van der Waals surface area contributed by atoms with Crippen LogP contribution in [0.25, 0.3) is 0 Å². The highest BCUT2D eigenvalue weighted by Crippen LogP contribution is 2.29. The summed E-state index contributed by atoms with van der Waals surface area (Å²) in [5.74, 6) is -0.912. The van der Waals surface area contributed by atoms with Gasteiger partial charge in [-0.25, -0.2) is 0 Å². The molecule has 146 valence electrons. The number of benzene rings is 1. The molecular weight excluding hydrogens is 344 g/mol. The predicted octanol–water partition coefficient (Wildman–Crippen LogP) is 1.95. The van der Waals surface area contributed by atoms with Crippen molar-refractivity contribution in [2.45, 2.75) is 44.6 Å². The lowest BCUT2D eigenvalue weighted by Gasteiger charge is -2.35. The van der Waals surface area contributed by atoms with E-state index >= 15 is 0 Å². The molecule has 1 amide bonds. The highest BCUT2D eigenvalue weighted by atomic mass is 16.4. The largest absolute Gasteiger partial charge is 0.481 e. The molecule has 3 rings (SSSR count). The van der Waals surface area contributed by atoms with Gasteiger partial charge in [-0.1, -0.05) is 0 Å². The normalized spacial score (nSPS) is 23.6. The highest BCUT2D eigenvalue weighted by molar-refractivity contribution is 5.95. The van der Waals surface area contributed by atoms with Crippen molar-refractivity contribution < 1.29 is 14.7 Å². The van der Waals surface area contributed by atoms with E-state index in [1.54, 1.807) is 0 Å². The number of carboxylic acids is 1. The summed E-state index contributed by atoms with van der Waals surface area (Å²) in [7, 11) is 0. The second kappa shape index (κ2) is 8.41. The third kappa shape index (κ3) is 4.78. The van der Waals surface area contributed by atoms with Crippen molar-refractivity contribution in [2.24, 2.45) is 17.6 Å². The molecule has 2 aliphatic rings. The minimum atomic E-state index is -0.738. The molecule has 2 fully saturated rings. The van der Waals surface area contributed by atoms with E-state index in [1.165, 1.54) is 0 Å². The molecule has 0 bridgehead atoms. The molecule has 1 saturated carbocycles. The standard InChI is InChI=1S/C20H28N4O3/c21-18(22)13-5-7-17(8-6-13)24-11-9-16(10-12-24)23-19(25)14-1-3-15(4-2-14)20(26)27/h5-8,14-16H,1-4,9-12H2,(H3,21,22)(H,23,25)(H,26,27)/t14-,15-. The predicted molar refractivity (Wildman–Crippen MR) is 104 cm³/mol. The molecule has 1 aromatic carbocycles. The van der Waals surface area contributed by atoms with Gasteiger partial charge in [0, 0.05) is 36.3 Å². The van der Waals surface area contributed by atoms with Gasteiger partial charge < -0.3 is 21.1 Å². The minimum absolute atomic E-state index is 0.0437. The van der Waals surface area contributed by atoms with Crippen LogP contribution in [0, 0.1) is 17.2 Å². The van der Waals surface area contributed by atoms with Crippen molar-refractivity contribution in [3.63, 3.8) is 0 Å². The summed E-state index contributed by atoms with van der Waals surface area (Å²) in [6.07, 6.45) is 4.33. The molecule has 1 aliphatic heterocycles. The van der Waals surface area contributed by atoms with Crippen molar-refractivity contribution in [3.05, 3.63) is 29.8 Å². The lowest BCUT2D eigenvalue weighted by atomic mass is 9.81. The first-order chi connectivity index (χ1) is 12.9.